The lowest BCUT2D eigenvalue weighted by Gasteiger charge is -2.25. The maximum absolute atomic E-state index is 11.7. The van der Waals surface area contributed by atoms with Crippen molar-refractivity contribution in [2.75, 3.05) is 4.90 Å². The van der Waals surface area contributed by atoms with E-state index in [9.17, 15) is 14.4 Å². The van der Waals surface area contributed by atoms with E-state index < -0.39 is 23.7 Å². The molecule has 0 aliphatic rings. The largest absolute Gasteiger partial charge is 0.480 e. The number of carboxylic acids is 1. The fourth-order valence-electron chi connectivity index (χ4n) is 1.39. The Labute approximate surface area is 98.7 Å². The number of benzene rings is 1. The summed E-state index contributed by atoms with van der Waals surface area (Å²) < 4.78 is 0. The van der Waals surface area contributed by atoms with Crippen LogP contribution in [0, 0.1) is 0 Å². The van der Waals surface area contributed by atoms with E-state index in [-0.39, 0.29) is 0 Å². The first-order chi connectivity index (χ1) is 7.95. The number of hydrogen-bond donors (Lipinski definition) is 1. The van der Waals surface area contributed by atoms with Crippen molar-refractivity contribution in [2.24, 2.45) is 0 Å². The maximum atomic E-state index is 11.7. The molecule has 0 saturated heterocycles. The minimum absolute atomic E-state index is 0.391. The van der Waals surface area contributed by atoms with Crippen LogP contribution < -0.4 is 4.90 Å². The molecule has 17 heavy (non-hydrogen) atoms. The SMILES string of the molecule is CC(=O)C(=O)N(c1ccccc1)[C@@H](C)C(=O)O. The number of anilines is 1. The van der Waals surface area contributed by atoms with Gasteiger partial charge < -0.3 is 5.11 Å². The van der Waals surface area contributed by atoms with Gasteiger partial charge >= 0.3 is 5.97 Å². The number of aliphatic carboxylic acids is 1. The minimum Gasteiger partial charge on any atom is -0.480 e. The van der Waals surface area contributed by atoms with Crippen LogP contribution in [-0.2, 0) is 14.4 Å². The first-order valence-corrected chi connectivity index (χ1v) is 5.07. The van der Waals surface area contributed by atoms with Gasteiger partial charge in [-0.15, -0.1) is 0 Å². The maximum Gasteiger partial charge on any atom is 0.326 e. The van der Waals surface area contributed by atoms with Gasteiger partial charge in [-0.2, -0.15) is 0 Å². The molecule has 0 radical (unpaired) electrons. The van der Waals surface area contributed by atoms with Gasteiger partial charge in [-0.25, -0.2) is 4.79 Å². The van der Waals surface area contributed by atoms with Gasteiger partial charge in [-0.05, 0) is 19.1 Å². The summed E-state index contributed by atoms with van der Waals surface area (Å²) in [4.78, 5) is 34.7. The number of Topliss-reactive ketones (excluding diaryl/α,β-unsaturated/α-hetero) is 1. The molecule has 1 amide bonds. The van der Waals surface area contributed by atoms with Crippen molar-refractivity contribution in [3.63, 3.8) is 0 Å². The molecule has 1 atom stereocenters. The molecule has 1 rings (SSSR count). The average Bonchev–Trinajstić information content (AvgIpc) is 2.30. The Morgan fingerprint density at radius 3 is 2.12 bits per heavy atom. The molecule has 0 heterocycles. The van der Waals surface area contributed by atoms with Gasteiger partial charge in [0.15, 0.2) is 0 Å². The fraction of sp³-hybridized carbons (Fsp3) is 0.250. The number of rotatable bonds is 4. The van der Waals surface area contributed by atoms with Crippen LogP contribution in [0.3, 0.4) is 0 Å². The zero-order valence-electron chi connectivity index (χ0n) is 9.58. The molecule has 5 heteroatoms. The number of amides is 1. The van der Waals surface area contributed by atoms with Crippen LogP contribution in [0.15, 0.2) is 30.3 Å². The van der Waals surface area contributed by atoms with Gasteiger partial charge in [0.25, 0.3) is 5.91 Å². The molecule has 5 nitrogen and oxygen atoms in total. The van der Waals surface area contributed by atoms with Crippen molar-refractivity contribution in [1.82, 2.24) is 0 Å². The van der Waals surface area contributed by atoms with Crippen molar-refractivity contribution in [3.8, 4) is 0 Å². The molecule has 1 N–H and O–H groups in total. The van der Waals surface area contributed by atoms with E-state index in [0.717, 1.165) is 11.8 Å². The third kappa shape index (κ3) is 2.90. The summed E-state index contributed by atoms with van der Waals surface area (Å²) in [7, 11) is 0. The van der Waals surface area contributed by atoms with Crippen LogP contribution in [0.4, 0.5) is 5.69 Å². The predicted octanol–water partition coefficient (Wildman–Crippen LogP) is 1.08. The standard InChI is InChI=1S/C12H13NO4/c1-8(12(16)17)13(11(15)9(2)14)10-6-4-3-5-7-10/h3-8H,1-2H3,(H,16,17)/t8-/m0/s1. The van der Waals surface area contributed by atoms with Crippen LogP contribution in [0.2, 0.25) is 0 Å². The number of para-hydroxylation sites is 1. The second-order valence-corrected chi connectivity index (χ2v) is 3.58. The van der Waals surface area contributed by atoms with Crippen LogP contribution in [0.5, 0.6) is 0 Å². The Morgan fingerprint density at radius 2 is 1.71 bits per heavy atom. The molecular weight excluding hydrogens is 222 g/mol. The minimum atomic E-state index is -1.16. The topological polar surface area (TPSA) is 74.7 Å². The van der Waals surface area contributed by atoms with Crippen molar-refractivity contribution >= 4 is 23.3 Å². The fourth-order valence-corrected chi connectivity index (χ4v) is 1.39. The van der Waals surface area contributed by atoms with E-state index in [1.807, 2.05) is 0 Å². The molecule has 90 valence electrons. The molecule has 0 saturated carbocycles. The highest BCUT2D eigenvalue weighted by molar-refractivity contribution is 6.41. The van der Waals surface area contributed by atoms with E-state index in [0.29, 0.717) is 5.69 Å². The Morgan fingerprint density at radius 1 is 1.18 bits per heavy atom. The average molecular weight is 235 g/mol. The zero-order valence-corrected chi connectivity index (χ0v) is 9.58. The molecule has 0 unspecified atom stereocenters. The molecule has 0 bridgehead atoms. The van der Waals surface area contributed by atoms with Crippen LogP contribution in [0.25, 0.3) is 0 Å². The van der Waals surface area contributed by atoms with Crippen molar-refractivity contribution in [3.05, 3.63) is 30.3 Å². The summed E-state index contributed by atoms with van der Waals surface area (Å²) in [5, 5.41) is 8.94. The molecule has 0 aliphatic carbocycles. The lowest BCUT2D eigenvalue weighted by molar-refractivity contribution is -0.141. The quantitative estimate of drug-likeness (QED) is 0.792. The molecule has 0 fully saturated rings. The van der Waals surface area contributed by atoms with Crippen molar-refractivity contribution in [1.29, 1.82) is 0 Å². The van der Waals surface area contributed by atoms with Crippen LogP contribution in [-0.4, -0.2) is 28.8 Å². The summed E-state index contributed by atoms with van der Waals surface area (Å²) in [5.41, 5.74) is 0.391. The summed E-state index contributed by atoms with van der Waals surface area (Å²) in [5.74, 6) is -2.68. The molecule has 0 aliphatic heterocycles. The van der Waals surface area contributed by atoms with Gasteiger partial charge in [-0.3, -0.25) is 14.5 Å². The second-order valence-electron chi connectivity index (χ2n) is 3.58. The van der Waals surface area contributed by atoms with E-state index in [2.05, 4.69) is 0 Å². The summed E-state index contributed by atoms with van der Waals surface area (Å²) in [6.45, 7) is 2.48. The van der Waals surface area contributed by atoms with E-state index in [1.165, 1.54) is 6.92 Å². The number of ketones is 1. The van der Waals surface area contributed by atoms with Gasteiger partial charge in [0.1, 0.15) is 6.04 Å². The summed E-state index contributed by atoms with van der Waals surface area (Å²) in [6.07, 6.45) is 0. The highest BCUT2D eigenvalue weighted by Gasteiger charge is 2.29. The smallest absolute Gasteiger partial charge is 0.326 e. The Balaban J connectivity index is 3.16. The highest BCUT2D eigenvalue weighted by Crippen LogP contribution is 2.17. The first-order valence-electron chi connectivity index (χ1n) is 5.07. The lowest BCUT2D eigenvalue weighted by Crippen LogP contribution is -2.46. The highest BCUT2D eigenvalue weighted by atomic mass is 16.4. The third-order valence-electron chi connectivity index (χ3n) is 2.30. The van der Waals surface area contributed by atoms with E-state index in [1.54, 1.807) is 30.3 Å². The lowest BCUT2D eigenvalue weighted by atomic mass is 10.2. The molecular formula is C12H13NO4. The van der Waals surface area contributed by atoms with Crippen LogP contribution >= 0.6 is 0 Å². The number of carbonyl (C=O) groups is 3. The van der Waals surface area contributed by atoms with Crippen LogP contribution in [0.1, 0.15) is 13.8 Å². The number of nitrogens with zero attached hydrogens (tertiary/aromatic N) is 1. The Bertz CT molecular complexity index is 441. The Kier molecular flexibility index (Phi) is 3.98. The molecule has 0 aromatic heterocycles. The monoisotopic (exact) mass is 235 g/mol. The van der Waals surface area contributed by atoms with Crippen molar-refractivity contribution in [2.45, 2.75) is 19.9 Å². The number of hydrogen-bond acceptors (Lipinski definition) is 3. The van der Waals surface area contributed by atoms with E-state index >= 15 is 0 Å². The van der Waals surface area contributed by atoms with Gasteiger partial charge in [0.05, 0.1) is 0 Å². The summed E-state index contributed by atoms with van der Waals surface area (Å²) in [6, 6.07) is 7.16. The van der Waals surface area contributed by atoms with Gasteiger partial charge in [0, 0.05) is 12.6 Å². The second kappa shape index (κ2) is 5.25. The summed E-state index contributed by atoms with van der Waals surface area (Å²) >= 11 is 0. The van der Waals surface area contributed by atoms with E-state index in [4.69, 9.17) is 5.11 Å². The molecule has 0 spiro atoms. The number of carboxylic acid groups (broad SMARTS) is 1. The normalized spacial score (nSPS) is 11.6. The molecule has 1 aromatic carbocycles. The molecule has 1 aromatic rings. The van der Waals surface area contributed by atoms with Gasteiger partial charge in [0.2, 0.25) is 5.78 Å². The first kappa shape index (κ1) is 12.9. The Hall–Kier alpha value is -2.17. The number of carbonyl (C=O) groups excluding carboxylic acids is 2. The van der Waals surface area contributed by atoms with Gasteiger partial charge in [-0.1, -0.05) is 18.2 Å². The predicted molar refractivity (Wildman–Crippen MR) is 61.7 cm³/mol. The zero-order chi connectivity index (χ0) is 13.0. The van der Waals surface area contributed by atoms with Crippen molar-refractivity contribution < 1.29 is 19.5 Å². The third-order valence-corrected chi connectivity index (χ3v) is 2.30.